The summed E-state index contributed by atoms with van der Waals surface area (Å²) in [7, 11) is 1.71. The predicted molar refractivity (Wildman–Crippen MR) is 72.1 cm³/mol. The van der Waals surface area contributed by atoms with E-state index in [0.717, 1.165) is 38.1 Å². The summed E-state index contributed by atoms with van der Waals surface area (Å²) in [6.07, 6.45) is 8.29. The van der Waals surface area contributed by atoms with E-state index in [1.165, 1.54) is 11.1 Å². The van der Waals surface area contributed by atoms with Gasteiger partial charge in [0, 0.05) is 18.5 Å². The van der Waals surface area contributed by atoms with Gasteiger partial charge in [0.25, 0.3) is 0 Å². The molecule has 0 spiro atoms. The van der Waals surface area contributed by atoms with E-state index in [1.807, 2.05) is 6.07 Å². The van der Waals surface area contributed by atoms with E-state index in [9.17, 15) is 0 Å². The molecule has 92 valence electrons. The highest BCUT2D eigenvalue weighted by Crippen LogP contribution is 2.19. The summed E-state index contributed by atoms with van der Waals surface area (Å²) in [4.78, 5) is 0. The van der Waals surface area contributed by atoms with Gasteiger partial charge >= 0.3 is 0 Å². The molecule has 1 N–H and O–H groups in total. The molecule has 0 saturated carbocycles. The predicted octanol–water partition coefficient (Wildman–Crippen LogP) is 2.90. The van der Waals surface area contributed by atoms with E-state index in [1.54, 1.807) is 7.11 Å². The van der Waals surface area contributed by atoms with Crippen LogP contribution in [0.2, 0.25) is 0 Å². The zero-order valence-electron chi connectivity index (χ0n) is 10.8. The Morgan fingerprint density at radius 3 is 2.88 bits per heavy atom. The summed E-state index contributed by atoms with van der Waals surface area (Å²) < 4.78 is 5.33. The van der Waals surface area contributed by atoms with Crippen molar-refractivity contribution in [2.75, 3.05) is 13.7 Å². The number of terminal acetylenes is 1. The quantitative estimate of drug-likeness (QED) is 0.575. The van der Waals surface area contributed by atoms with Gasteiger partial charge in [-0.2, -0.15) is 0 Å². The van der Waals surface area contributed by atoms with Gasteiger partial charge in [-0.15, -0.1) is 12.3 Å². The topological polar surface area (TPSA) is 21.3 Å². The number of aryl methyl sites for hydroxylation is 1. The molecule has 0 saturated heterocycles. The van der Waals surface area contributed by atoms with Gasteiger partial charge in [0.1, 0.15) is 5.75 Å². The van der Waals surface area contributed by atoms with Crippen LogP contribution in [0.5, 0.6) is 5.75 Å². The Bertz CT molecular complexity index is 379. The van der Waals surface area contributed by atoms with E-state index >= 15 is 0 Å². The first-order chi connectivity index (χ1) is 8.27. The third kappa shape index (κ3) is 4.93. The van der Waals surface area contributed by atoms with Crippen molar-refractivity contribution in [3.8, 4) is 18.1 Å². The van der Waals surface area contributed by atoms with Crippen LogP contribution in [-0.4, -0.2) is 13.7 Å². The lowest BCUT2D eigenvalue weighted by atomic mass is 10.1. The summed E-state index contributed by atoms with van der Waals surface area (Å²) >= 11 is 0. The summed E-state index contributed by atoms with van der Waals surface area (Å²) in [6, 6.07) is 6.24. The van der Waals surface area contributed by atoms with Gasteiger partial charge in [-0.1, -0.05) is 17.7 Å². The van der Waals surface area contributed by atoms with Crippen molar-refractivity contribution in [3.63, 3.8) is 0 Å². The first kappa shape index (κ1) is 13.6. The van der Waals surface area contributed by atoms with Crippen molar-refractivity contribution in [2.45, 2.75) is 32.7 Å². The minimum absolute atomic E-state index is 0.848. The Labute approximate surface area is 104 Å². The molecule has 0 amide bonds. The molecule has 0 aliphatic heterocycles. The van der Waals surface area contributed by atoms with Crippen molar-refractivity contribution < 1.29 is 4.74 Å². The van der Waals surface area contributed by atoms with Crippen molar-refractivity contribution in [2.24, 2.45) is 0 Å². The molecule has 2 nitrogen and oxygen atoms in total. The first-order valence-corrected chi connectivity index (χ1v) is 6.05. The Balaban J connectivity index is 2.35. The van der Waals surface area contributed by atoms with Crippen molar-refractivity contribution in [1.29, 1.82) is 0 Å². The standard InChI is InChI=1S/C15H21NO/c1-4-5-6-7-10-16-12-14-11-13(2)8-9-15(14)17-3/h1,8-9,11,16H,5-7,10,12H2,2-3H3. The maximum Gasteiger partial charge on any atom is 0.123 e. The zero-order valence-corrected chi connectivity index (χ0v) is 10.8. The van der Waals surface area contributed by atoms with Crippen molar-refractivity contribution >= 4 is 0 Å². The average molecular weight is 231 g/mol. The van der Waals surface area contributed by atoms with Crippen LogP contribution in [0.1, 0.15) is 30.4 Å². The summed E-state index contributed by atoms with van der Waals surface area (Å²) in [5.41, 5.74) is 2.47. The third-order valence-corrected chi connectivity index (χ3v) is 2.68. The maximum atomic E-state index is 5.33. The Hall–Kier alpha value is -1.46. The summed E-state index contributed by atoms with van der Waals surface area (Å²) in [5, 5.41) is 3.41. The van der Waals surface area contributed by atoms with Crippen LogP contribution in [-0.2, 0) is 6.54 Å². The molecule has 0 aromatic heterocycles. The molecule has 0 bridgehead atoms. The molecule has 0 fully saturated rings. The average Bonchev–Trinajstić information content (AvgIpc) is 2.34. The van der Waals surface area contributed by atoms with Gasteiger partial charge in [-0.25, -0.2) is 0 Å². The van der Waals surface area contributed by atoms with Crippen LogP contribution >= 0.6 is 0 Å². The lowest BCUT2D eigenvalue weighted by Crippen LogP contribution is -2.15. The molecule has 1 rings (SSSR count). The van der Waals surface area contributed by atoms with Gasteiger partial charge in [0.15, 0.2) is 0 Å². The zero-order chi connectivity index (χ0) is 12.5. The highest BCUT2D eigenvalue weighted by molar-refractivity contribution is 5.36. The molecule has 0 heterocycles. The Kier molecular flexibility index (Phi) is 6.21. The second-order valence-corrected chi connectivity index (χ2v) is 4.15. The molecule has 2 heteroatoms. The first-order valence-electron chi connectivity index (χ1n) is 6.05. The molecule has 1 aromatic rings. The number of benzene rings is 1. The van der Waals surface area contributed by atoms with Gasteiger partial charge in [0.05, 0.1) is 7.11 Å². The molecular weight excluding hydrogens is 210 g/mol. The SMILES string of the molecule is C#CCCCCNCc1cc(C)ccc1OC. The van der Waals surface area contributed by atoms with Gasteiger partial charge in [0.2, 0.25) is 0 Å². The number of hydrogen-bond donors (Lipinski definition) is 1. The lowest BCUT2D eigenvalue weighted by molar-refractivity contribution is 0.407. The molecular formula is C15H21NO. The molecule has 0 unspecified atom stereocenters. The van der Waals surface area contributed by atoms with Gasteiger partial charge in [-0.3, -0.25) is 0 Å². The van der Waals surface area contributed by atoms with Crippen molar-refractivity contribution in [1.82, 2.24) is 5.32 Å². The van der Waals surface area contributed by atoms with Crippen LogP contribution in [0, 0.1) is 19.3 Å². The third-order valence-electron chi connectivity index (χ3n) is 2.68. The van der Waals surface area contributed by atoms with Crippen molar-refractivity contribution in [3.05, 3.63) is 29.3 Å². The monoisotopic (exact) mass is 231 g/mol. The maximum absolute atomic E-state index is 5.33. The molecule has 0 radical (unpaired) electrons. The van der Waals surface area contributed by atoms with Crippen LogP contribution in [0.25, 0.3) is 0 Å². The number of nitrogens with one attached hydrogen (secondary N) is 1. The Morgan fingerprint density at radius 2 is 2.18 bits per heavy atom. The smallest absolute Gasteiger partial charge is 0.123 e. The normalized spacial score (nSPS) is 9.94. The molecule has 0 aliphatic carbocycles. The number of hydrogen-bond acceptors (Lipinski definition) is 2. The number of rotatable bonds is 7. The second kappa shape index (κ2) is 7.76. The Morgan fingerprint density at radius 1 is 1.35 bits per heavy atom. The lowest BCUT2D eigenvalue weighted by Gasteiger charge is -2.10. The van der Waals surface area contributed by atoms with Crippen LogP contribution in [0.4, 0.5) is 0 Å². The summed E-state index contributed by atoms with van der Waals surface area (Å²) in [5.74, 6) is 3.60. The van der Waals surface area contributed by atoms with Crippen LogP contribution < -0.4 is 10.1 Å². The minimum Gasteiger partial charge on any atom is -0.496 e. The fourth-order valence-corrected chi connectivity index (χ4v) is 1.75. The number of unbranched alkanes of at least 4 members (excludes halogenated alkanes) is 2. The van der Waals surface area contributed by atoms with E-state index in [0.29, 0.717) is 0 Å². The second-order valence-electron chi connectivity index (χ2n) is 4.15. The number of ether oxygens (including phenoxy) is 1. The molecule has 1 aromatic carbocycles. The van der Waals surface area contributed by atoms with Gasteiger partial charge < -0.3 is 10.1 Å². The molecule has 0 atom stereocenters. The minimum atomic E-state index is 0.848. The van der Waals surface area contributed by atoms with Crippen LogP contribution in [0.15, 0.2) is 18.2 Å². The van der Waals surface area contributed by atoms with E-state index < -0.39 is 0 Å². The fourth-order valence-electron chi connectivity index (χ4n) is 1.75. The van der Waals surface area contributed by atoms with E-state index in [4.69, 9.17) is 11.2 Å². The highest BCUT2D eigenvalue weighted by Gasteiger charge is 2.02. The summed E-state index contributed by atoms with van der Waals surface area (Å²) in [6.45, 7) is 3.94. The molecule has 0 aliphatic rings. The van der Waals surface area contributed by atoms with E-state index in [-0.39, 0.29) is 0 Å². The highest BCUT2D eigenvalue weighted by atomic mass is 16.5. The van der Waals surface area contributed by atoms with Crippen LogP contribution in [0.3, 0.4) is 0 Å². The largest absolute Gasteiger partial charge is 0.496 e. The van der Waals surface area contributed by atoms with E-state index in [2.05, 4.69) is 30.3 Å². The number of methoxy groups -OCH3 is 1. The van der Waals surface area contributed by atoms with Gasteiger partial charge in [-0.05, 0) is 32.4 Å². The fraction of sp³-hybridized carbons (Fsp3) is 0.467. The molecule has 17 heavy (non-hydrogen) atoms.